The first-order valence-electron chi connectivity index (χ1n) is 9.77. The summed E-state index contributed by atoms with van der Waals surface area (Å²) in [5.74, 6) is 0.804. The molecule has 2 atom stereocenters. The first kappa shape index (κ1) is 19.8. The van der Waals surface area contributed by atoms with Crippen LogP contribution in [0.4, 0.5) is 0 Å². The van der Waals surface area contributed by atoms with Crippen LogP contribution in [-0.2, 0) is 12.8 Å². The second-order valence-electron chi connectivity index (χ2n) is 7.60. The fourth-order valence-corrected chi connectivity index (χ4v) is 3.62. The molecule has 0 bridgehead atoms. The Hall–Kier alpha value is -3.00. The number of benzene rings is 3. The fraction of sp³-hybridized carbons (Fsp3) is 0.231. The van der Waals surface area contributed by atoms with Crippen LogP contribution in [0.2, 0.25) is 0 Å². The van der Waals surface area contributed by atoms with Gasteiger partial charge in [-0.15, -0.1) is 0 Å². The highest BCUT2D eigenvalue weighted by Crippen LogP contribution is 2.25. The maximum absolute atomic E-state index is 11.0. The Morgan fingerprint density at radius 2 is 1.18 bits per heavy atom. The quantitative estimate of drug-likeness (QED) is 0.455. The van der Waals surface area contributed by atoms with Crippen molar-refractivity contribution < 1.29 is 9.59 Å². The Morgan fingerprint density at radius 3 is 1.71 bits per heavy atom. The van der Waals surface area contributed by atoms with Gasteiger partial charge in [-0.1, -0.05) is 80.6 Å². The zero-order valence-electron chi connectivity index (χ0n) is 16.5. The standard InChI is InChI=1S/C26H26O2/c1-19(14-21-6-8-22(17-27)9-7-21)25-10-12-26(13-11-25)20(2)15-23-4-3-5-24(16-23)18-28/h3-13,16-20H,14-15H2,1-2H3. The second-order valence-corrected chi connectivity index (χ2v) is 7.60. The molecule has 28 heavy (non-hydrogen) atoms. The van der Waals surface area contributed by atoms with Gasteiger partial charge in [-0.25, -0.2) is 0 Å². The minimum absolute atomic E-state index is 0.391. The molecule has 0 aliphatic rings. The van der Waals surface area contributed by atoms with Crippen LogP contribution in [0.1, 0.15) is 68.7 Å². The summed E-state index contributed by atoms with van der Waals surface area (Å²) in [6, 6.07) is 24.5. The van der Waals surface area contributed by atoms with Crippen molar-refractivity contribution in [3.63, 3.8) is 0 Å². The molecule has 0 saturated carbocycles. The van der Waals surface area contributed by atoms with E-state index in [2.05, 4.69) is 44.2 Å². The van der Waals surface area contributed by atoms with E-state index in [1.807, 2.05) is 42.5 Å². The normalized spacial score (nSPS) is 12.9. The molecule has 0 heterocycles. The average Bonchev–Trinajstić information content (AvgIpc) is 2.74. The van der Waals surface area contributed by atoms with Gasteiger partial charge in [-0.3, -0.25) is 9.59 Å². The summed E-state index contributed by atoms with van der Waals surface area (Å²) in [5.41, 5.74) is 6.50. The third kappa shape index (κ3) is 5.04. The third-order valence-electron chi connectivity index (χ3n) is 5.36. The lowest BCUT2D eigenvalue weighted by atomic mass is 9.89. The second kappa shape index (κ2) is 9.27. The molecule has 0 aliphatic carbocycles. The van der Waals surface area contributed by atoms with Gasteiger partial charge >= 0.3 is 0 Å². The van der Waals surface area contributed by atoms with E-state index in [4.69, 9.17) is 0 Å². The first-order chi connectivity index (χ1) is 13.6. The number of hydrogen-bond donors (Lipinski definition) is 0. The van der Waals surface area contributed by atoms with Crippen molar-refractivity contribution in [3.8, 4) is 0 Å². The predicted octanol–water partition coefficient (Wildman–Crippen LogP) is 6.00. The van der Waals surface area contributed by atoms with Crippen LogP contribution < -0.4 is 0 Å². The van der Waals surface area contributed by atoms with Gasteiger partial charge in [0.15, 0.2) is 0 Å². The minimum atomic E-state index is 0.391. The molecule has 0 spiro atoms. The smallest absolute Gasteiger partial charge is 0.150 e. The maximum atomic E-state index is 11.0. The van der Waals surface area contributed by atoms with Gasteiger partial charge in [0.1, 0.15) is 12.6 Å². The monoisotopic (exact) mass is 370 g/mol. The molecule has 2 heteroatoms. The van der Waals surface area contributed by atoms with Crippen LogP contribution in [0, 0.1) is 0 Å². The third-order valence-corrected chi connectivity index (χ3v) is 5.36. The van der Waals surface area contributed by atoms with Crippen molar-refractivity contribution >= 4 is 12.6 Å². The van der Waals surface area contributed by atoms with Crippen molar-refractivity contribution in [2.75, 3.05) is 0 Å². The first-order valence-corrected chi connectivity index (χ1v) is 9.77. The number of carbonyl (C=O) groups excluding carboxylic acids is 2. The zero-order chi connectivity index (χ0) is 19.9. The van der Waals surface area contributed by atoms with E-state index in [0.717, 1.165) is 31.0 Å². The Kier molecular flexibility index (Phi) is 6.54. The van der Waals surface area contributed by atoms with Gasteiger partial charge < -0.3 is 0 Å². The number of rotatable bonds is 8. The molecule has 0 saturated heterocycles. The topological polar surface area (TPSA) is 34.1 Å². The molecule has 0 N–H and O–H groups in total. The van der Waals surface area contributed by atoms with Crippen molar-refractivity contribution in [2.45, 2.75) is 38.5 Å². The highest BCUT2D eigenvalue weighted by Gasteiger charge is 2.10. The summed E-state index contributed by atoms with van der Waals surface area (Å²) in [4.78, 5) is 21.7. The summed E-state index contributed by atoms with van der Waals surface area (Å²) in [5, 5.41) is 0. The molecule has 0 aliphatic heterocycles. The molecular weight excluding hydrogens is 344 g/mol. The summed E-state index contributed by atoms with van der Waals surface area (Å²) in [7, 11) is 0. The SMILES string of the molecule is CC(Cc1ccc(C=O)cc1)c1ccc(C(C)Cc2cccc(C=O)c2)cc1. The van der Waals surface area contributed by atoms with Crippen LogP contribution in [-0.4, -0.2) is 12.6 Å². The molecule has 0 amide bonds. The zero-order valence-corrected chi connectivity index (χ0v) is 16.5. The molecule has 2 unspecified atom stereocenters. The van der Waals surface area contributed by atoms with Crippen LogP contribution in [0.3, 0.4) is 0 Å². The summed E-state index contributed by atoms with van der Waals surface area (Å²) < 4.78 is 0. The van der Waals surface area contributed by atoms with Crippen molar-refractivity contribution in [3.05, 3.63) is 106 Å². The average molecular weight is 370 g/mol. The summed E-state index contributed by atoms with van der Waals surface area (Å²) in [6.45, 7) is 4.46. The Bertz CT molecular complexity index is 923. The fourth-order valence-electron chi connectivity index (χ4n) is 3.62. The van der Waals surface area contributed by atoms with Crippen LogP contribution in [0.25, 0.3) is 0 Å². The lowest BCUT2D eigenvalue weighted by molar-refractivity contribution is 0.111. The van der Waals surface area contributed by atoms with Gasteiger partial charge in [-0.05, 0) is 53.0 Å². The van der Waals surface area contributed by atoms with Crippen LogP contribution in [0.5, 0.6) is 0 Å². The van der Waals surface area contributed by atoms with Crippen LogP contribution >= 0.6 is 0 Å². The summed E-state index contributed by atoms with van der Waals surface area (Å²) in [6.07, 6.45) is 3.64. The Labute approximate surface area is 167 Å². The van der Waals surface area contributed by atoms with Gasteiger partial charge in [0.25, 0.3) is 0 Å². The Morgan fingerprint density at radius 1 is 0.643 bits per heavy atom. The van der Waals surface area contributed by atoms with E-state index in [1.54, 1.807) is 0 Å². The molecule has 142 valence electrons. The van der Waals surface area contributed by atoms with Gasteiger partial charge in [0.2, 0.25) is 0 Å². The van der Waals surface area contributed by atoms with E-state index >= 15 is 0 Å². The van der Waals surface area contributed by atoms with Crippen LogP contribution in [0.15, 0.2) is 72.8 Å². The molecule has 2 nitrogen and oxygen atoms in total. The van der Waals surface area contributed by atoms with Crippen molar-refractivity contribution in [2.24, 2.45) is 0 Å². The van der Waals surface area contributed by atoms with E-state index in [1.165, 1.54) is 22.3 Å². The molecule has 3 rings (SSSR count). The van der Waals surface area contributed by atoms with E-state index in [0.29, 0.717) is 17.4 Å². The predicted molar refractivity (Wildman–Crippen MR) is 114 cm³/mol. The number of hydrogen-bond acceptors (Lipinski definition) is 2. The lowest BCUT2D eigenvalue weighted by Gasteiger charge is -2.16. The Balaban J connectivity index is 1.64. The highest BCUT2D eigenvalue weighted by molar-refractivity contribution is 5.75. The van der Waals surface area contributed by atoms with E-state index in [-0.39, 0.29) is 0 Å². The highest BCUT2D eigenvalue weighted by atomic mass is 16.1. The molecule has 3 aromatic rings. The van der Waals surface area contributed by atoms with Crippen molar-refractivity contribution in [1.29, 1.82) is 0 Å². The minimum Gasteiger partial charge on any atom is -0.298 e. The maximum Gasteiger partial charge on any atom is 0.150 e. The molecule has 0 fully saturated rings. The van der Waals surface area contributed by atoms with Gasteiger partial charge in [-0.2, -0.15) is 0 Å². The summed E-state index contributed by atoms with van der Waals surface area (Å²) >= 11 is 0. The number of carbonyl (C=O) groups is 2. The van der Waals surface area contributed by atoms with Gasteiger partial charge in [0.05, 0.1) is 0 Å². The van der Waals surface area contributed by atoms with Gasteiger partial charge in [0, 0.05) is 11.1 Å². The number of aldehydes is 2. The molecule has 0 radical (unpaired) electrons. The lowest BCUT2D eigenvalue weighted by Crippen LogP contribution is -2.02. The molecule has 3 aromatic carbocycles. The molecular formula is C26H26O2. The largest absolute Gasteiger partial charge is 0.298 e. The van der Waals surface area contributed by atoms with Crippen molar-refractivity contribution in [1.82, 2.24) is 0 Å². The molecule has 0 aromatic heterocycles. The van der Waals surface area contributed by atoms with E-state index in [9.17, 15) is 9.59 Å². The van der Waals surface area contributed by atoms with E-state index < -0.39 is 0 Å².